The molecule has 2 unspecified atom stereocenters. The number of rotatable bonds is 18. The lowest BCUT2D eigenvalue weighted by molar-refractivity contribution is -0.144. The van der Waals surface area contributed by atoms with Crippen molar-refractivity contribution in [2.45, 2.75) is 111 Å². The van der Waals surface area contributed by atoms with E-state index in [1.54, 1.807) is 16.2 Å². The lowest BCUT2D eigenvalue weighted by Crippen LogP contribution is -2.58. The van der Waals surface area contributed by atoms with E-state index in [2.05, 4.69) is 15.6 Å². The molecule has 3 heterocycles. The number of ether oxygens (including phenoxy) is 5. The van der Waals surface area contributed by atoms with Gasteiger partial charge in [-0.1, -0.05) is 45.0 Å². The summed E-state index contributed by atoms with van der Waals surface area (Å²) in [7, 11) is 0. The number of aryl methyl sites for hydroxylation is 1. The summed E-state index contributed by atoms with van der Waals surface area (Å²) in [5.41, 5.74) is 3.52. The van der Waals surface area contributed by atoms with Gasteiger partial charge in [0.15, 0.2) is 0 Å². The highest BCUT2D eigenvalue weighted by atomic mass is 32.1. The van der Waals surface area contributed by atoms with Gasteiger partial charge in [-0.15, -0.1) is 11.3 Å². The Kier molecular flexibility index (Phi) is 17.3. The van der Waals surface area contributed by atoms with Crippen LogP contribution in [0.25, 0.3) is 10.4 Å². The first-order chi connectivity index (χ1) is 26.9. The number of carbonyl (C=O) groups is 4. The molecule has 2 aliphatic rings. The number of amides is 4. The lowest BCUT2D eigenvalue weighted by Gasteiger charge is -2.35. The second-order valence-electron chi connectivity index (χ2n) is 16.7. The van der Waals surface area contributed by atoms with Gasteiger partial charge in [0.2, 0.25) is 17.7 Å². The van der Waals surface area contributed by atoms with Crippen LogP contribution in [0.15, 0.2) is 29.8 Å². The van der Waals surface area contributed by atoms with Crippen LogP contribution in [0.5, 0.6) is 0 Å². The Balaban J connectivity index is 1.11. The van der Waals surface area contributed by atoms with Crippen LogP contribution in [-0.4, -0.2) is 139 Å². The standard InChI is InChI=1S/C41H63N5O10S/c1-27(29-9-11-30(12-10-29)35-28(2)42-26-57-35)43-37(49)33-23-31(47)24-46(33)38(50)36(40(3,4)5)44-34(48)25-54-20-19-52-17-18-53-21-22-55-32-13-15-45(16-14-32)39(51)56-41(6,7)8/h9-12,26-27,31-33,36,47H,13-25H2,1-8H3,(H,43,49)(H,44,48)/t27?,31-,33+,36?/m1/s1. The predicted molar refractivity (Wildman–Crippen MR) is 216 cm³/mol. The average Bonchev–Trinajstić information content (AvgIpc) is 3.76. The highest BCUT2D eigenvalue weighted by Crippen LogP contribution is 2.29. The third-order valence-electron chi connectivity index (χ3n) is 9.71. The summed E-state index contributed by atoms with van der Waals surface area (Å²) in [5, 5.41) is 16.4. The van der Waals surface area contributed by atoms with Crippen LogP contribution in [-0.2, 0) is 38.1 Å². The van der Waals surface area contributed by atoms with Crippen molar-refractivity contribution < 1.29 is 48.0 Å². The Morgan fingerprint density at radius 3 is 2.11 bits per heavy atom. The number of thiazole rings is 1. The van der Waals surface area contributed by atoms with E-state index in [-0.39, 0.29) is 56.9 Å². The van der Waals surface area contributed by atoms with E-state index < -0.39 is 41.0 Å². The van der Waals surface area contributed by atoms with Crippen molar-refractivity contribution in [3.63, 3.8) is 0 Å². The molecule has 2 aliphatic heterocycles. The molecule has 318 valence electrons. The van der Waals surface area contributed by atoms with Crippen LogP contribution in [0.1, 0.15) is 85.0 Å². The van der Waals surface area contributed by atoms with Gasteiger partial charge in [-0.2, -0.15) is 0 Å². The molecule has 57 heavy (non-hydrogen) atoms. The van der Waals surface area contributed by atoms with E-state index >= 15 is 0 Å². The Morgan fingerprint density at radius 2 is 1.53 bits per heavy atom. The van der Waals surface area contributed by atoms with Crippen LogP contribution < -0.4 is 10.6 Å². The maximum Gasteiger partial charge on any atom is 0.410 e. The van der Waals surface area contributed by atoms with Crippen LogP contribution >= 0.6 is 11.3 Å². The van der Waals surface area contributed by atoms with Crippen LogP contribution in [0, 0.1) is 12.3 Å². The van der Waals surface area contributed by atoms with Gasteiger partial charge in [0.1, 0.15) is 24.3 Å². The van der Waals surface area contributed by atoms with Gasteiger partial charge < -0.3 is 49.2 Å². The summed E-state index contributed by atoms with van der Waals surface area (Å²) in [6.07, 6.45) is 0.515. The van der Waals surface area contributed by atoms with Crippen molar-refractivity contribution >= 4 is 35.2 Å². The van der Waals surface area contributed by atoms with Crippen molar-refractivity contribution in [2.24, 2.45) is 5.41 Å². The number of hydrogen-bond acceptors (Lipinski definition) is 12. The van der Waals surface area contributed by atoms with Crippen molar-refractivity contribution in [2.75, 3.05) is 65.9 Å². The first-order valence-electron chi connectivity index (χ1n) is 19.8. The fraction of sp³-hybridized carbons (Fsp3) is 0.683. The molecule has 4 amide bonds. The van der Waals surface area contributed by atoms with Gasteiger partial charge in [-0.05, 0) is 64.0 Å². The lowest BCUT2D eigenvalue weighted by atomic mass is 9.85. The number of benzene rings is 1. The Labute approximate surface area is 341 Å². The van der Waals surface area contributed by atoms with Crippen molar-refractivity contribution in [1.82, 2.24) is 25.4 Å². The zero-order chi connectivity index (χ0) is 41.8. The average molecular weight is 818 g/mol. The number of piperidine rings is 1. The third kappa shape index (κ3) is 14.6. The van der Waals surface area contributed by atoms with E-state index in [1.807, 2.05) is 85.2 Å². The second-order valence-corrected chi connectivity index (χ2v) is 17.6. The van der Waals surface area contributed by atoms with E-state index in [0.29, 0.717) is 39.5 Å². The zero-order valence-corrected chi connectivity index (χ0v) is 35.7. The minimum absolute atomic E-state index is 0.0159. The SMILES string of the molecule is Cc1ncsc1-c1ccc(C(C)NC(=O)[C@@H]2C[C@@H](O)CN2C(=O)C(NC(=O)COCCOCCOCCOC2CCN(C(=O)OC(C)(C)C)CC2)C(C)(C)C)cc1. The number of hydrogen-bond donors (Lipinski definition) is 3. The van der Waals surface area contributed by atoms with Crippen LogP contribution in [0.3, 0.4) is 0 Å². The summed E-state index contributed by atoms with van der Waals surface area (Å²) >= 11 is 1.57. The van der Waals surface area contributed by atoms with Gasteiger partial charge in [0.05, 0.1) is 74.0 Å². The molecule has 0 radical (unpaired) electrons. The molecule has 2 fully saturated rings. The maximum atomic E-state index is 13.9. The summed E-state index contributed by atoms with van der Waals surface area (Å²) in [6.45, 7) is 17.8. The maximum absolute atomic E-state index is 13.9. The quantitative estimate of drug-likeness (QED) is 0.183. The second kappa shape index (κ2) is 21.4. The number of carbonyl (C=O) groups excluding carboxylic acids is 4. The minimum Gasteiger partial charge on any atom is -0.444 e. The van der Waals surface area contributed by atoms with Crippen molar-refractivity contribution in [3.8, 4) is 10.4 Å². The van der Waals surface area contributed by atoms with Gasteiger partial charge in [-0.25, -0.2) is 9.78 Å². The van der Waals surface area contributed by atoms with E-state index in [9.17, 15) is 24.3 Å². The summed E-state index contributed by atoms with van der Waals surface area (Å²) in [4.78, 5) is 61.1. The first-order valence-corrected chi connectivity index (χ1v) is 20.7. The molecule has 0 spiro atoms. The summed E-state index contributed by atoms with van der Waals surface area (Å²) in [5.74, 6) is -1.29. The van der Waals surface area contributed by atoms with Crippen molar-refractivity contribution in [1.29, 1.82) is 0 Å². The van der Waals surface area contributed by atoms with Crippen LogP contribution in [0.2, 0.25) is 0 Å². The Hall–Kier alpha value is -3.67. The number of aliphatic hydroxyl groups is 1. The molecule has 4 rings (SSSR count). The molecule has 0 saturated carbocycles. The molecule has 3 N–H and O–H groups in total. The largest absolute Gasteiger partial charge is 0.444 e. The molecule has 2 saturated heterocycles. The molecule has 0 bridgehead atoms. The molecule has 16 heteroatoms. The first kappa shape index (κ1) is 46.0. The third-order valence-corrected chi connectivity index (χ3v) is 10.7. The van der Waals surface area contributed by atoms with Gasteiger partial charge >= 0.3 is 6.09 Å². The zero-order valence-electron chi connectivity index (χ0n) is 34.8. The molecule has 2 aromatic rings. The highest BCUT2D eigenvalue weighted by molar-refractivity contribution is 7.13. The fourth-order valence-electron chi connectivity index (χ4n) is 6.63. The summed E-state index contributed by atoms with van der Waals surface area (Å²) in [6, 6.07) is 5.72. The molecule has 4 atom stereocenters. The van der Waals surface area contributed by atoms with Gasteiger partial charge in [0, 0.05) is 26.1 Å². The van der Waals surface area contributed by atoms with Gasteiger partial charge in [-0.3, -0.25) is 14.4 Å². The smallest absolute Gasteiger partial charge is 0.410 e. The Morgan fingerprint density at radius 1 is 0.912 bits per heavy atom. The molecule has 15 nitrogen and oxygen atoms in total. The molecule has 1 aromatic heterocycles. The number of β-amino-alcohol motifs (C(OH)–C–C–N with tert-alkyl or cyclic N) is 1. The predicted octanol–water partition coefficient (Wildman–Crippen LogP) is 4.25. The minimum atomic E-state index is -0.961. The number of likely N-dealkylation sites (tertiary alicyclic amines) is 2. The molecular weight excluding hydrogens is 755 g/mol. The van der Waals surface area contributed by atoms with Gasteiger partial charge in [0.25, 0.3) is 0 Å². The molecule has 1 aromatic carbocycles. The topological polar surface area (TPSA) is 178 Å². The van der Waals surface area contributed by atoms with Crippen LogP contribution in [0.4, 0.5) is 4.79 Å². The highest BCUT2D eigenvalue weighted by Gasteiger charge is 2.44. The molecule has 0 aliphatic carbocycles. The molecular formula is C41H63N5O10S. The number of aromatic nitrogens is 1. The van der Waals surface area contributed by atoms with E-state index in [4.69, 9.17) is 23.7 Å². The fourth-order valence-corrected chi connectivity index (χ4v) is 7.44. The number of nitrogens with one attached hydrogen (secondary N) is 2. The number of aliphatic hydroxyl groups excluding tert-OH is 1. The van der Waals surface area contributed by atoms with E-state index in [1.165, 1.54) is 4.90 Å². The Bertz CT molecular complexity index is 1600. The van der Waals surface area contributed by atoms with E-state index in [0.717, 1.165) is 34.5 Å². The normalized spacial score (nSPS) is 19.0. The monoisotopic (exact) mass is 817 g/mol. The number of nitrogens with zero attached hydrogens (tertiary/aromatic N) is 3. The van der Waals surface area contributed by atoms with Crippen molar-refractivity contribution in [3.05, 3.63) is 41.0 Å². The summed E-state index contributed by atoms with van der Waals surface area (Å²) < 4.78 is 28.0.